The van der Waals surface area contributed by atoms with E-state index in [4.69, 9.17) is 9.97 Å². The van der Waals surface area contributed by atoms with E-state index in [-0.39, 0.29) is 17.6 Å². The number of halogens is 1. The van der Waals surface area contributed by atoms with E-state index in [9.17, 15) is 9.18 Å². The summed E-state index contributed by atoms with van der Waals surface area (Å²) in [6.45, 7) is 2.06. The van der Waals surface area contributed by atoms with Gasteiger partial charge in [0.1, 0.15) is 11.3 Å². The van der Waals surface area contributed by atoms with E-state index in [2.05, 4.69) is 32.4 Å². The van der Waals surface area contributed by atoms with Crippen LogP contribution in [0, 0.1) is 11.7 Å². The Morgan fingerprint density at radius 1 is 1.00 bits per heavy atom. The van der Waals surface area contributed by atoms with Crippen molar-refractivity contribution in [1.29, 1.82) is 0 Å². The number of nitrogens with zero attached hydrogens (tertiary/aromatic N) is 4. The molecule has 4 heterocycles. The van der Waals surface area contributed by atoms with Crippen LogP contribution < -0.4 is 5.32 Å². The molecule has 9 heteroatoms. The minimum Gasteiger partial charge on any atom is -0.340 e. The zero-order valence-corrected chi connectivity index (χ0v) is 22.5. The molecular formula is C32H28FN7O. The summed E-state index contributed by atoms with van der Waals surface area (Å²) in [5.74, 6) is 0.410. The van der Waals surface area contributed by atoms with Gasteiger partial charge in [-0.2, -0.15) is 5.10 Å². The second-order valence-corrected chi connectivity index (χ2v) is 10.8. The molecule has 1 amide bonds. The van der Waals surface area contributed by atoms with Gasteiger partial charge in [0.2, 0.25) is 5.91 Å². The number of carbonyl (C=O) groups is 1. The molecule has 4 aromatic heterocycles. The third-order valence-electron chi connectivity index (χ3n) is 7.82. The highest BCUT2D eigenvalue weighted by molar-refractivity contribution is 5.94. The molecule has 8 nitrogen and oxygen atoms in total. The number of aromatic nitrogens is 6. The summed E-state index contributed by atoms with van der Waals surface area (Å²) < 4.78 is 14.1. The first-order chi connectivity index (χ1) is 20.0. The van der Waals surface area contributed by atoms with Crippen LogP contribution in [0.3, 0.4) is 0 Å². The van der Waals surface area contributed by atoms with Crippen molar-refractivity contribution in [3.8, 4) is 22.8 Å². The number of allylic oxidation sites excluding steroid dienone is 3. The second kappa shape index (κ2) is 10.2. The summed E-state index contributed by atoms with van der Waals surface area (Å²) in [6.07, 6.45) is 12.2. The van der Waals surface area contributed by atoms with Gasteiger partial charge in [0.25, 0.3) is 0 Å². The molecule has 3 N–H and O–H groups in total. The van der Waals surface area contributed by atoms with Crippen molar-refractivity contribution in [3.63, 3.8) is 0 Å². The van der Waals surface area contributed by atoms with Crippen LogP contribution in [-0.2, 0) is 11.2 Å². The smallest absolute Gasteiger partial charge is 0.227 e. The van der Waals surface area contributed by atoms with Crippen LogP contribution in [0.4, 0.5) is 10.1 Å². The van der Waals surface area contributed by atoms with E-state index in [0.717, 1.165) is 64.9 Å². The Hall–Kier alpha value is -4.92. The minimum absolute atomic E-state index is 0.0521. The fourth-order valence-electron chi connectivity index (χ4n) is 5.71. The lowest BCUT2D eigenvalue weighted by atomic mass is 10.0. The molecule has 204 valence electrons. The van der Waals surface area contributed by atoms with E-state index in [1.807, 2.05) is 36.4 Å². The Kier molecular flexibility index (Phi) is 6.26. The predicted octanol–water partition coefficient (Wildman–Crippen LogP) is 6.61. The summed E-state index contributed by atoms with van der Waals surface area (Å²) in [5.41, 5.74) is 8.63. The van der Waals surface area contributed by atoms with Crippen LogP contribution in [0.2, 0.25) is 0 Å². The van der Waals surface area contributed by atoms with E-state index in [0.29, 0.717) is 34.8 Å². The normalized spacial score (nSPS) is 15.4. The third-order valence-corrected chi connectivity index (χ3v) is 7.82. The highest BCUT2D eigenvalue weighted by Gasteiger charge is 2.24. The van der Waals surface area contributed by atoms with Crippen LogP contribution in [0.15, 0.2) is 72.6 Å². The van der Waals surface area contributed by atoms with Crippen molar-refractivity contribution in [2.45, 2.75) is 39.0 Å². The van der Waals surface area contributed by atoms with Gasteiger partial charge in [-0.05, 0) is 55.7 Å². The van der Waals surface area contributed by atoms with Gasteiger partial charge in [-0.1, -0.05) is 42.7 Å². The van der Waals surface area contributed by atoms with E-state index in [1.165, 1.54) is 12.1 Å². The molecular weight excluding hydrogens is 517 g/mol. The van der Waals surface area contributed by atoms with Gasteiger partial charge in [0, 0.05) is 35.4 Å². The molecule has 0 unspecified atom stereocenters. The minimum atomic E-state index is -0.294. The number of anilines is 1. The maximum absolute atomic E-state index is 14.1. The highest BCUT2D eigenvalue weighted by atomic mass is 19.1. The molecule has 1 saturated carbocycles. The summed E-state index contributed by atoms with van der Waals surface area (Å²) >= 11 is 0. The summed E-state index contributed by atoms with van der Waals surface area (Å²) in [7, 11) is 0. The van der Waals surface area contributed by atoms with Crippen molar-refractivity contribution < 1.29 is 9.18 Å². The SMILES string of the molecule is CC1=CC=C(c2cccc(F)c2)c2nc(-c3n[nH]c4ccc(-c5cncc(NC(=O)C6CCCC6)c5)nc34)[nH]c2C1. The lowest BCUT2D eigenvalue weighted by Crippen LogP contribution is -2.20. The maximum atomic E-state index is 14.1. The molecule has 0 spiro atoms. The monoisotopic (exact) mass is 545 g/mol. The largest absolute Gasteiger partial charge is 0.340 e. The number of nitrogens with one attached hydrogen (secondary N) is 3. The summed E-state index contributed by atoms with van der Waals surface area (Å²) in [5, 5.41) is 10.6. The van der Waals surface area contributed by atoms with E-state index >= 15 is 0 Å². The number of imidazole rings is 1. The number of hydrogen-bond acceptors (Lipinski definition) is 5. The number of carbonyl (C=O) groups excluding carboxylic acids is 1. The molecule has 0 saturated heterocycles. The second-order valence-electron chi connectivity index (χ2n) is 10.8. The van der Waals surface area contributed by atoms with Crippen molar-refractivity contribution >= 4 is 28.2 Å². The van der Waals surface area contributed by atoms with Gasteiger partial charge in [-0.3, -0.25) is 14.9 Å². The number of H-pyrrole nitrogens is 2. The third kappa shape index (κ3) is 4.84. The van der Waals surface area contributed by atoms with Crippen molar-refractivity contribution in [2.24, 2.45) is 5.92 Å². The van der Waals surface area contributed by atoms with Gasteiger partial charge in [0.05, 0.1) is 28.8 Å². The van der Waals surface area contributed by atoms with Crippen LogP contribution >= 0.6 is 0 Å². The standard InChI is InChI=1S/C32H28FN7O/c1-18-9-10-24(20-7-4-8-22(33)14-20)28-27(13-18)37-31(38-28)30-29-26(39-40-30)12-11-25(36-29)21-15-23(17-34-16-21)35-32(41)19-5-2-3-6-19/h4,7-12,14-17,19H,2-3,5-6,13H2,1H3,(H,35,41)(H,37,38)(H,39,40). The Labute approximate surface area is 235 Å². The number of amides is 1. The van der Waals surface area contributed by atoms with Gasteiger partial charge in [-0.15, -0.1) is 0 Å². The molecule has 1 fully saturated rings. The molecule has 2 aliphatic carbocycles. The predicted molar refractivity (Wildman–Crippen MR) is 156 cm³/mol. The molecule has 0 aliphatic heterocycles. The zero-order chi connectivity index (χ0) is 27.9. The molecule has 0 radical (unpaired) electrons. The average Bonchev–Trinajstić information content (AvgIpc) is 3.72. The highest BCUT2D eigenvalue weighted by Crippen LogP contribution is 2.34. The first-order valence-corrected chi connectivity index (χ1v) is 13.9. The molecule has 2 aliphatic rings. The first kappa shape index (κ1) is 25.1. The molecule has 0 atom stereocenters. The number of hydrogen-bond donors (Lipinski definition) is 3. The van der Waals surface area contributed by atoms with E-state index in [1.54, 1.807) is 18.5 Å². The molecule has 41 heavy (non-hydrogen) atoms. The Morgan fingerprint density at radius 2 is 1.88 bits per heavy atom. The molecule has 0 bridgehead atoms. The fourth-order valence-corrected chi connectivity index (χ4v) is 5.71. The van der Waals surface area contributed by atoms with E-state index < -0.39 is 0 Å². The lowest BCUT2D eigenvalue weighted by molar-refractivity contribution is -0.119. The van der Waals surface area contributed by atoms with Crippen LogP contribution in [0.25, 0.3) is 39.4 Å². The quantitative estimate of drug-likeness (QED) is 0.230. The van der Waals surface area contributed by atoms with Gasteiger partial charge < -0.3 is 10.3 Å². The van der Waals surface area contributed by atoms with Gasteiger partial charge in [0.15, 0.2) is 11.5 Å². The van der Waals surface area contributed by atoms with Crippen molar-refractivity contribution in [3.05, 3.63) is 95.4 Å². The zero-order valence-electron chi connectivity index (χ0n) is 22.5. The van der Waals surface area contributed by atoms with Crippen LogP contribution in [-0.4, -0.2) is 36.0 Å². The number of benzene rings is 1. The molecule has 5 aromatic rings. The van der Waals surface area contributed by atoms with Gasteiger partial charge >= 0.3 is 0 Å². The Balaban J connectivity index is 1.24. The van der Waals surface area contributed by atoms with Crippen LogP contribution in [0.1, 0.15) is 49.6 Å². The molecule has 7 rings (SSSR count). The van der Waals surface area contributed by atoms with Crippen LogP contribution in [0.5, 0.6) is 0 Å². The number of aromatic amines is 2. The van der Waals surface area contributed by atoms with Crippen molar-refractivity contribution in [2.75, 3.05) is 5.32 Å². The average molecular weight is 546 g/mol. The van der Waals surface area contributed by atoms with Crippen molar-refractivity contribution in [1.82, 2.24) is 30.1 Å². The summed E-state index contributed by atoms with van der Waals surface area (Å²) in [4.78, 5) is 30.4. The summed E-state index contributed by atoms with van der Waals surface area (Å²) in [6, 6.07) is 12.3. The maximum Gasteiger partial charge on any atom is 0.227 e. The number of pyridine rings is 2. The van der Waals surface area contributed by atoms with Gasteiger partial charge in [-0.25, -0.2) is 14.4 Å². The Bertz CT molecular complexity index is 1860. The molecule has 1 aromatic carbocycles. The fraction of sp³-hybridized carbons (Fsp3) is 0.219. The lowest BCUT2D eigenvalue weighted by Gasteiger charge is -2.11. The number of rotatable bonds is 5. The first-order valence-electron chi connectivity index (χ1n) is 13.9. The number of fused-ring (bicyclic) bond motifs is 2. The Morgan fingerprint density at radius 3 is 2.73 bits per heavy atom. The topological polar surface area (TPSA) is 112 Å².